The normalized spacial score (nSPS) is 15.8. The second-order valence-corrected chi connectivity index (χ2v) is 4.56. The van der Waals surface area contributed by atoms with E-state index in [-0.39, 0.29) is 11.6 Å². The van der Waals surface area contributed by atoms with Crippen LogP contribution in [-0.4, -0.2) is 4.98 Å². The number of hydrogen-bond donors (Lipinski definition) is 1. The van der Waals surface area contributed by atoms with Crippen molar-refractivity contribution in [1.82, 2.24) is 4.98 Å². The van der Waals surface area contributed by atoms with Gasteiger partial charge in [-0.05, 0) is 36.1 Å². The Morgan fingerprint density at radius 2 is 2.25 bits per heavy atom. The minimum atomic E-state index is -0.902. The van der Waals surface area contributed by atoms with Gasteiger partial charge in [0.15, 0.2) is 0 Å². The zero-order valence-electron chi connectivity index (χ0n) is 11.8. The molecule has 1 rings (SSSR count). The molecule has 108 valence electrons. The molecule has 2 nitrogen and oxygen atoms in total. The fourth-order valence-corrected chi connectivity index (χ4v) is 1.93. The topological polar surface area (TPSA) is 38.9 Å². The standard InChI is InChI=1S/C16H20F2N2/c1-4-6-8-12(17)14(11(3)5-2)15(19)16-13(18)9-7-10-20-16/h4,6-11,15H,1,5,19H2,2-3H3/b8-6-,14-12-. The summed E-state index contributed by atoms with van der Waals surface area (Å²) < 4.78 is 28.0. The summed E-state index contributed by atoms with van der Waals surface area (Å²) in [7, 11) is 0. The second-order valence-electron chi connectivity index (χ2n) is 4.56. The molecule has 2 N–H and O–H groups in total. The number of hydrogen-bond acceptors (Lipinski definition) is 2. The summed E-state index contributed by atoms with van der Waals surface area (Å²) in [5.41, 5.74) is 6.44. The summed E-state index contributed by atoms with van der Waals surface area (Å²) in [6, 6.07) is 1.85. The Morgan fingerprint density at radius 3 is 2.80 bits per heavy atom. The second kappa shape index (κ2) is 7.70. The number of halogens is 2. The lowest BCUT2D eigenvalue weighted by Gasteiger charge is -2.21. The highest BCUT2D eigenvalue weighted by Crippen LogP contribution is 2.31. The van der Waals surface area contributed by atoms with E-state index in [9.17, 15) is 8.78 Å². The SMILES string of the molecule is C=C/C=C\C(F)=C(/C(C)CC)C(N)c1ncccc1F. The molecular formula is C16H20F2N2. The Balaban J connectivity index is 3.28. The zero-order chi connectivity index (χ0) is 15.1. The molecule has 1 aromatic heterocycles. The fraction of sp³-hybridized carbons (Fsp3) is 0.312. The summed E-state index contributed by atoms with van der Waals surface area (Å²) >= 11 is 0. The first kappa shape index (κ1) is 16.2. The van der Waals surface area contributed by atoms with Gasteiger partial charge in [0.05, 0.1) is 11.7 Å². The predicted molar refractivity (Wildman–Crippen MR) is 78.0 cm³/mol. The van der Waals surface area contributed by atoms with Crippen molar-refractivity contribution in [2.75, 3.05) is 0 Å². The number of rotatable bonds is 6. The maximum absolute atomic E-state index is 14.3. The summed E-state index contributed by atoms with van der Waals surface area (Å²) in [5, 5.41) is 0. The maximum Gasteiger partial charge on any atom is 0.146 e. The highest BCUT2D eigenvalue weighted by Gasteiger charge is 2.24. The number of pyridine rings is 1. The molecule has 1 aromatic rings. The molecule has 0 saturated heterocycles. The van der Waals surface area contributed by atoms with Gasteiger partial charge >= 0.3 is 0 Å². The highest BCUT2D eigenvalue weighted by atomic mass is 19.1. The average molecular weight is 278 g/mol. The molecule has 0 bridgehead atoms. The number of nitrogens with two attached hydrogens (primary N) is 1. The third kappa shape index (κ3) is 3.84. The van der Waals surface area contributed by atoms with Crippen LogP contribution in [0.1, 0.15) is 32.0 Å². The van der Waals surface area contributed by atoms with Gasteiger partial charge in [0.2, 0.25) is 0 Å². The molecule has 0 spiro atoms. The summed E-state index contributed by atoms with van der Waals surface area (Å²) in [6.07, 6.45) is 6.39. The van der Waals surface area contributed by atoms with Gasteiger partial charge in [-0.1, -0.05) is 32.6 Å². The fourth-order valence-electron chi connectivity index (χ4n) is 1.93. The summed E-state index contributed by atoms with van der Waals surface area (Å²) in [4.78, 5) is 3.93. The van der Waals surface area contributed by atoms with E-state index in [1.165, 1.54) is 36.6 Å². The first-order valence-corrected chi connectivity index (χ1v) is 6.57. The molecular weight excluding hydrogens is 258 g/mol. The van der Waals surface area contributed by atoms with Crippen LogP contribution in [0.4, 0.5) is 8.78 Å². The Kier molecular flexibility index (Phi) is 6.25. The van der Waals surface area contributed by atoms with E-state index in [1.54, 1.807) is 0 Å². The van der Waals surface area contributed by atoms with Crippen molar-refractivity contribution in [1.29, 1.82) is 0 Å². The van der Waals surface area contributed by atoms with Gasteiger partial charge in [-0.3, -0.25) is 4.98 Å². The molecule has 0 aliphatic rings. The van der Waals surface area contributed by atoms with E-state index >= 15 is 0 Å². The van der Waals surface area contributed by atoms with Gasteiger partial charge in [0.25, 0.3) is 0 Å². The molecule has 0 radical (unpaired) electrons. The third-order valence-electron chi connectivity index (χ3n) is 3.21. The van der Waals surface area contributed by atoms with Crippen molar-refractivity contribution in [3.05, 3.63) is 66.0 Å². The van der Waals surface area contributed by atoms with Crippen LogP contribution < -0.4 is 5.73 Å². The van der Waals surface area contributed by atoms with Crippen LogP contribution in [0.25, 0.3) is 0 Å². The van der Waals surface area contributed by atoms with Crippen molar-refractivity contribution in [2.45, 2.75) is 26.3 Å². The summed E-state index contributed by atoms with van der Waals surface area (Å²) in [6.45, 7) is 7.28. The first-order chi connectivity index (χ1) is 9.52. The van der Waals surface area contributed by atoms with Crippen LogP contribution in [0.2, 0.25) is 0 Å². The van der Waals surface area contributed by atoms with E-state index in [0.29, 0.717) is 12.0 Å². The van der Waals surface area contributed by atoms with E-state index in [4.69, 9.17) is 5.73 Å². The first-order valence-electron chi connectivity index (χ1n) is 6.57. The number of aromatic nitrogens is 1. The maximum atomic E-state index is 14.3. The van der Waals surface area contributed by atoms with Crippen LogP contribution in [0, 0.1) is 11.7 Å². The molecule has 1 heterocycles. The van der Waals surface area contributed by atoms with Crippen molar-refractivity contribution in [2.24, 2.45) is 11.7 Å². The van der Waals surface area contributed by atoms with Crippen LogP contribution in [-0.2, 0) is 0 Å². The minimum absolute atomic E-state index is 0.0601. The van der Waals surface area contributed by atoms with Gasteiger partial charge in [-0.25, -0.2) is 8.78 Å². The summed E-state index contributed by atoms with van der Waals surface area (Å²) in [5.74, 6) is -1.10. The Hall–Kier alpha value is -1.81. The van der Waals surface area contributed by atoms with Crippen molar-refractivity contribution in [3.63, 3.8) is 0 Å². The molecule has 0 amide bonds. The minimum Gasteiger partial charge on any atom is -0.319 e. The Bertz CT molecular complexity index is 521. The Morgan fingerprint density at radius 1 is 1.55 bits per heavy atom. The monoisotopic (exact) mass is 278 g/mol. The lowest BCUT2D eigenvalue weighted by Crippen LogP contribution is -2.21. The van der Waals surface area contributed by atoms with Crippen molar-refractivity contribution < 1.29 is 8.78 Å². The molecule has 0 aromatic carbocycles. The van der Waals surface area contributed by atoms with Gasteiger partial charge in [0.1, 0.15) is 11.6 Å². The molecule has 20 heavy (non-hydrogen) atoms. The van der Waals surface area contributed by atoms with E-state index in [1.807, 2.05) is 13.8 Å². The smallest absolute Gasteiger partial charge is 0.146 e. The van der Waals surface area contributed by atoms with Gasteiger partial charge in [0, 0.05) is 6.20 Å². The average Bonchev–Trinajstić information content (AvgIpc) is 2.45. The van der Waals surface area contributed by atoms with Crippen LogP contribution in [0.3, 0.4) is 0 Å². The quantitative estimate of drug-likeness (QED) is 0.791. The van der Waals surface area contributed by atoms with E-state index in [0.717, 1.165) is 0 Å². The van der Waals surface area contributed by atoms with Crippen LogP contribution in [0.15, 0.2) is 54.5 Å². The molecule has 2 atom stereocenters. The third-order valence-corrected chi connectivity index (χ3v) is 3.21. The largest absolute Gasteiger partial charge is 0.319 e. The molecule has 4 heteroatoms. The molecule has 0 saturated carbocycles. The van der Waals surface area contributed by atoms with Crippen LogP contribution in [0.5, 0.6) is 0 Å². The highest BCUT2D eigenvalue weighted by molar-refractivity contribution is 5.32. The number of nitrogens with zero attached hydrogens (tertiary/aromatic N) is 1. The molecule has 0 aliphatic heterocycles. The lowest BCUT2D eigenvalue weighted by atomic mass is 9.89. The Labute approximate surface area is 118 Å². The predicted octanol–water partition coefficient (Wildman–Crippen LogP) is 4.23. The molecule has 2 unspecified atom stereocenters. The van der Waals surface area contributed by atoms with E-state index < -0.39 is 17.7 Å². The van der Waals surface area contributed by atoms with Crippen molar-refractivity contribution in [3.8, 4) is 0 Å². The zero-order valence-corrected chi connectivity index (χ0v) is 11.8. The van der Waals surface area contributed by atoms with E-state index in [2.05, 4.69) is 11.6 Å². The van der Waals surface area contributed by atoms with Crippen molar-refractivity contribution >= 4 is 0 Å². The molecule has 0 aliphatic carbocycles. The van der Waals surface area contributed by atoms with Gasteiger partial charge < -0.3 is 5.73 Å². The van der Waals surface area contributed by atoms with Crippen LogP contribution >= 0.6 is 0 Å². The number of allylic oxidation sites excluding steroid dienone is 4. The molecule has 0 fully saturated rings. The van der Waals surface area contributed by atoms with Gasteiger partial charge in [-0.15, -0.1) is 0 Å². The lowest BCUT2D eigenvalue weighted by molar-refractivity contribution is 0.517. The van der Waals surface area contributed by atoms with Gasteiger partial charge in [-0.2, -0.15) is 0 Å².